The fourth-order valence-corrected chi connectivity index (χ4v) is 7.98. The third-order valence-electron chi connectivity index (χ3n) is 10.7. The highest BCUT2D eigenvalue weighted by Gasteiger charge is 2.21. The second-order valence-corrected chi connectivity index (χ2v) is 14.1. The van der Waals surface area contributed by atoms with Gasteiger partial charge in [0.15, 0.2) is 5.82 Å². The summed E-state index contributed by atoms with van der Waals surface area (Å²) < 4.78 is 13.0. The zero-order valence-electron chi connectivity index (χ0n) is 30.2. The van der Waals surface area contributed by atoms with Crippen molar-refractivity contribution in [2.75, 3.05) is 0 Å². The molecular weight excluding hydrogens is 685 g/mol. The molecule has 0 aliphatic heterocycles. The van der Waals surface area contributed by atoms with Crippen molar-refractivity contribution in [3.63, 3.8) is 0 Å². The summed E-state index contributed by atoms with van der Waals surface area (Å²) in [4.78, 5) is 10.7. The topological polar surface area (TPSA) is 52.1 Å². The first-order valence-corrected chi connectivity index (χ1v) is 18.8. The van der Waals surface area contributed by atoms with Gasteiger partial charge in [-0.25, -0.2) is 9.97 Å². The van der Waals surface area contributed by atoms with Crippen LogP contribution in [0.4, 0.5) is 0 Å². The average molecular weight is 717 g/mol. The molecule has 11 rings (SSSR count). The lowest BCUT2D eigenvalue weighted by atomic mass is 9.94. The maximum Gasteiger partial charge on any atom is 0.160 e. The van der Waals surface area contributed by atoms with E-state index >= 15 is 0 Å². The predicted octanol–water partition coefficient (Wildman–Crippen LogP) is 14.3. The van der Waals surface area contributed by atoms with Gasteiger partial charge in [-0.05, 0) is 82.4 Å². The van der Waals surface area contributed by atoms with Gasteiger partial charge in [0.1, 0.15) is 22.3 Å². The second-order valence-electron chi connectivity index (χ2n) is 14.1. The van der Waals surface area contributed by atoms with Gasteiger partial charge in [-0.2, -0.15) is 0 Å². The third-order valence-corrected chi connectivity index (χ3v) is 10.7. The average Bonchev–Trinajstić information content (AvgIpc) is 3.85. The lowest BCUT2D eigenvalue weighted by Gasteiger charge is -2.14. The number of aromatic nitrogens is 2. The summed E-state index contributed by atoms with van der Waals surface area (Å²) in [5.74, 6) is 0.652. The number of fused-ring (bicyclic) bond motifs is 6. The number of para-hydroxylation sites is 2. The van der Waals surface area contributed by atoms with E-state index < -0.39 is 0 Å². The van der Waals surface area contributed by atoms with Crippen molar-refractivity contribution in [1.29, 1.82) is 0 Å². The van der Waals surface area contributed by atoms with Gasteiger partial charge < -0.3 is 8.83 Å². The molecular formula is C52H32N2O2. The van der Waals surface area contributed by atoms with Crippen molar-refractivity contribution in [1.82, 2.24) is 9.97 Å². The molecule has 0 aliphatic carbocycles. The zero-order valence-corrected chi connectivity index (χ0v) is 30.2. The zero-order chi connectivity index (χ0) is 37.0. The smallest absolute Gasteiger partial charge is 0.160 e. The molecule has 0 spiro atoms. The van der Waals surface area contributed by atoms with Crippen LogP contribution in [0.15, 0.2) is 203 Å². The molecule has 0 aliphatic rings. The first-order valence-electron chi connectivity index (χ1n) is 18.8. The van der Waals surface area contributed by atoms with Crippen LogP contribution in [0.25, 0.3) is 111 Å². The number of nitrogens with zero attached hydrogens (tertiary/aromatic N) is 2. The quantitative estimate of drug-likeness (QED) is 0.172. The SMILES string of the molecule is c1ccc(-c2cc(-c3ccccc3)cc(-c3nc(-c4ccccc4)cc(-c4ccc(-c5ccc6oc7ccccc7c6c5)c5oc6ccccc6c45)n3)c2)cc1. The Morgan fingerprint density at radius 2 is 0.839 bits per heavy atom. The van der Waals surface area contributed by atoms with Gasteiger partial charge in [-0.1, -0.05) is 140 Å². The fraction of sp³-hybridized carbons (Fsp3) is 0. The lowest BCUT2D eigenvalue weighted by molar-refractivity contribution is 0.668. The van der Waals surface area contributed by atoms with Gasteiger partial charge in [0, 0.05) is 43.8 Å². The second kappa shape index (κ2) is 13.1. The van der Waals surface area contributed by atoms with Gasteiger partial charge in [0.2, 0.25) is 0 Å². The summed E-state index contributed by atoms with van der Waals surface area (Å²) in [6, 6.07) is 67.3. The summed E-state index contributed by atoms with van der Waals surface area (Å²) in [6.45, 7) is 0. The summed E-state index contributed by atoms with van der Waals surface area (Å²) >= 11 is 0. The highest BCUT2D eigenvalue weighted by atomic mass is 16.3. The van der Waals surface area contributed by atoms with Crippen molar-refractivity contribution < 1.29 is 8.83 Å². The van der Waals surface area contributed by atoms with Crippen LogP contribution in [0, 0.1) is 0 Å². The van der Waals surface area contributed by atoms with Crippen LogP contribution >= 0.6 is 0 Å². The number of hydrogen-bond acceptors (Lipinski definition) is 4. The largest absolute Gasteiger partial charge is 0.456 e. The molecule has 0 amide bonds. The minimum absolute atomic E-state index is 0.652. The number of furan rings is 2. The molecule has 0 radical (unpaired) electrons. The van der Waals surface area contributed by atoms with E-state index in [1.165, 1.54) is 0 Å². The van der Waals surface area contributed by atoms with Crippen LogP contribution in [-0.2, 0) is 0 Å². The molecule has 0 bridgehead atoms. The van der Waals surface area contributed by atoms with Crippen molar-refractivity contribution in [3.8, 4) is 67.3 Å². The molecule has 3 heterocycles. The molecule has 262 valence electrons. The van der Waals surface area contributed by atoms with E-state index in [2.05, 4.69) is 152 Å². The summed E-state index contributed by atoms with van der Waals surface area (Å²) in [5.41, 5.74) is 14.5. The molecule has 11 aromatic rings. The predicted molar refractivity (Wildman–Crippen MR) is 229 cm³/mol. The standard InChI is InChI=1S/C52H32N2O2/c1-4-14-33(15-5-1)37-28-38(34-16-6-2-7-17-34)30-39(29-37)52-53-45(35-18-8-3-9-19-35)32-46(54-52)42-26-25-40(51-50(42)43-21-11-13-23-48(43)56-51)36-24-27-49-44(31-36)41-20-10-12-22-47(41)55-49/h1-32H. The Kier molecular flexibility index (Phi) is 7.46. The fourth-order valence-electron chi connectivity index (χ4n) is 7.98. The van der Waals surface area contributed by atoms with E-state index in [9.17, 15) is 0 Å². The normalized spacial score (nSPS) is 11.6. The first-order chi connectivity index (χ1) is 27.7. The molecule has 0 saturated carbocycles. The maximum absolute atomic E-state index is 6.77. The first kappa shape index (κ1) is 31.9. The van der Waals surface area contributed by atoms with E-state index in [0.29, 0.717) is 5.82 Å². The van der Waals surface area contributed by atoms with Gasteiger partial charge in [-0.15, -0.1) is 0 Å². The molecule has 8 aromatic carbocycles. The monoisotopic (exact) mass is 716 g/mol. The Hall–Kier alpha value is -7.56. The Balaban J connectivity index is 1.15. The third kappa shape index (κ3) is 5.47. The number of rotatable bonds is 6. The molecule has 4 nitrogen and oxygen atoms in total. The van der Waals surface area contributed by atoms with Crippen LogP contribution in [0.2, 0.25) is 0 Å². The molecule has 0 saturated heterocycles. The van der Waals surface area contributed by atoms with Crippen LogP contribution in [-0.4, -0.2) is 9.97 Å². The minimum Gasteiger partial charge on any atom is -0.456 e. The Labute approximate surface area is 323 Å². The Bertz CT molecular complexity index is 3180. The van der Waals surface area contributed by atoms with Crippen LogP contribution in [0.3, 0.4) is 0 Å². The van der Waals surface area contributed by atoms with Crippen LogP contribution in [0.1, 0.15) is 0 Å². The van der Waals surface area contributed by atoms with E-state index in [4.69, 9.17) is 18.8 Å². The molecule has 3 aromatic heterocycles. The van der Waals surface area contributed by atoms with Crippen molar-refractivity contribution in [2.24, 2.45) is 0 Å². The van der Waals surface area contributed by atoms with Crippen molar-refractivity contribution in [3.05, 3.63) is 194 Å². The number of hydrogen-bond donors (Lipinski definition) is 0. The van der Waals surface area contributed by atoms with Crippen LogP contribution in [0.5, 0.6) is 0 Å². The lowest BCUT2D eigenvalue weighted by Crippen LogP contribution is -1.97. The molecule has 0 atom stereocenters. The van der Waals surface area contributed by atoms with E-state index in [0.717, 1.165) is 105 Å². The highest BCUT2D eigenvalue weighted by Crippen LogP contribution is 2.44. The van der Waals surface area contributed by atoms with E-state index in [1.54, 1.807) is 0 Å². The maximum atomic E-state index is 6.77. The van der Waals surface area contributed by atoms with E-state index in [1.807, 2.05) is 42.5 Å². The molecule has 0 N–H and O–H groups in total. The minimum atomic E-state index is 0.652. The summed E-state index contributed by atoms with van der Waals surface area (Å²) in [6.07, 6.45) is 0. The van der Waals surface area contributed by atoms with Gasteiger partial charge in [0.25, 0.3) is 0 Å². The molecule has 0 fully saturated rings. The van der Waals surface area contributed by atoms with Crippen LogP contribution < -0.4 is 0 Å². The molecule has 56 heavy (non-hydrogen) atoms. The Morgan fingerprint density at radius 3 is 1.54 bits per heavy atom. The van der Waals surface area contributed by atoms with Gasteiger partial charge >= 0.3 is 0 Å². The summed E-state index contributed by atoms with van der Waals surface area (Å²) in [7, 11) is 0. The van der Waals surface area contributed by atoms with Gasteiger partial charge in [0.05, 0.1) is 11.4 Å². The van der Waals surface area contributed by atoms with Gasteiger partial charge in [-0.3, -0.25) is 0 Å². The Morgan fingerprint density at radius 1 is 0.304 bits per heavy atom. The summed E-state index contributed by atoms with van der Waals surface area (Å²) in [5, 5.41) is 4.22. The number of benzene rings is 8. The van der Waals surface area contributed by atoms with E-state index in [-0.39, 0.29) is 0 Å². The van der Waals surface area contributed by atoms with Crippen molar-refractivity contribution >= 4 is 43.9 Å². The van der Waals surface area contributed by atoms with Crippen molar-refractivity contribution in [2.45, 2.75) is 0 Å². The highest BCUT2D eigenvalue weighted by molar-refractivity contribution is 6.17. The molecule has 4 heteroatoms. The molecule has 0 unspecified atom stereocenters.